The SMILES string of the molecule is O=Nc1ccc2c(c1)C13CCN(CC4CC4)C(C2)C12CCC(NCC1CC1)C3CO2. The van der Waals surface area contributed by atoms with E-state index in [1.165, 1.54) is 62.9 Å². The van der Waals surface area contributed by atoms with Crippen LogP contribution in [-0.2, 0) is 16.6 Å². The summed E-state index contributed by atoms with van der Waals surface area (Å²) in [6.07, 6.45) is 10.2. The normalized spacial score (nSPS) is 41.9. The molecule has 0 spiro atoms. The van der Waals surface area contributed by atoms with E-state index in [1.807, 2.05) is 6.07 Å². The van der Waals surface area contributed by atoms with Crippen molar-refractivity contribution in [3.8, 4) is 0 Å². The Morgan fingerprint density at radius 2 is 2.00 bits per heavy atom. The average molecular weight is 408 g/mol. The van der Waals surface area contributed by atoms with Crippen LogP contribution < -0.4 is 5.32 Å². The summed E-state index contributed by atoms with van der Waals surface area (Å²) < 4.78 is 6.95. The molecule has 4 bridgehead atoms. The molecule has 1 aromatic carbocycles. The smallest absolute Gasteiger partial charge is 0.108 e. The number of rotatable bonds is 6. The van der Waals surface area contributed by atoms with E-state index in [2.05, 4.69) is 27.5 Å². The molecule has 5 nitrogen and oxygen atoms in total. The van der Waals surface area contributed by atoms with Crippen LogP contribution in [0.25, 0.3) is 0 Å². The van der Waals surface area contributed by atoms with Crippen LogP contribution in [0.5, 0.6) is 0 Å². The van der Waals surface area contributed by atoms with Crippen molar-refractivity contribution in [2.75, 3.05) is 26.2 Å². The Morgan fingerprint density at radius 3 is 2.80 bits per heavy atom. The minimum atomic E-state index is -0.0723. The zero-order valence-electron chi connectivity index (χ0n) is 17.8. The molecule has 0 radical (unpaired) electrons. The predicted octanol–water partition coefficient (Wildman–Crippen LogP) is 3.91. The Labute approximate surface area is 178 Å². The van der Waals surface area contributed by atoms with Crippen molar-refractivity contribution in [3.05, 3.63) is 34.2 Å². The van der Waals surface area contributed by atoms with Gasteiger partial charge >= 0.3 is 0 Å². The zero-order valence-corrected chi connectivity index (χ0v) is 17.8. The van der Waals surface area contributed by atoms with E-state index < -0.39 is 0 Å². The molecule has 1 N–H and O–H groups in total. The largest absolute Gasteiger partial charge is 0.372 e. The van der Waals surface area contributed by atoms with Crippen molar-refractivity contribution in [1.29, 1.82) is 0 Å². The Kier molecular flexibility index (Phi) is 3.88. The maximum Gasteiger partial charge on any atom is 0.108 e. The number of fused-ring (bicyclic) bond motifs is 1. The highest BCUT2D eigenvalue weighted by molar-refractivity contribution is 5.54. The fourth-order valence-corrected chi connectivity index (χ4v) is 7.89. The van der Waals surface area contributed by atoms with Gasteiger partial charge in [0.2, 0.25) is 0 Å². The minimum Gasteiger partial charge on any atom is -0.372 e. The lowest BCUT2D eigenvalue weighted by atomic mass is 9.46. The third-order valence-electron chi connectivity index (χ3n) is 9.64. The molecular weight excluding hydrogens is 374 g/mol. The van der Waals surface area contributed by atoms with E-state index in [0.717, 1.165) is 37.7 Å². The maximum atomic E-state index is 11.4. The van der Waals surface area contributed by atoms with Crippen LogP contribution in [0.1, 0.15) is 56.1 Å². The fraction of sp³-hybridized carbons (Fsp3) is 0.760. The van der Waals surface area contributed by atoms with Crippen molar-refractivity contribution in [3.63, 3.8) is 0 Å². The molecule has 3 saturated carbocycles. The molecular formula is C25H33N3O2. The Bertz CT molecular complexity index is 881. The number of nitrogens with one attached hydrogen (secondary N) is 1. The molecule has 0 aromatic heterocycles. The van der Waals surface area contributed by atoms with Gasteiger partial charge in [0.25, 0.3) is 0 Å². The van der Waals surface area contributed by atoms with Crippen LogP contribution >= 0.6 is 0 Å². The molecule has 5 fully saturated rings. The van der Waals surface area contributed by atoms with Gasteiger partial charge in [-0.3, -0.25) is 4.90 Å². The van der Waals surface area contributed by atoms with Gasteiger partial charge in [-0.25, -0.2) is 0 Å². The minimum absolute atomic E-state index is 0.0471. The van der Waals surface area contributed by atoms with E-state index in [4.69, 9.17) is 4.74 Å². The first kappa shape index (κ1) is 18.3. The zero-order chi connectivity index (χ0) is 19.9. The number of benzene rings is 1. The van der Waals surface area contributed by atoms with Gasteiger partial charge in [0.1, 0.15) is 5.69 Å². The summed E-state index contributed by atoms with van der Waals surface area (Å²) in [6.45, 7) is 4.47. The third kappa shape index (κ3) is 2.40. The first-order valence-corrected chi connectivity index (χ1v) is 12.3. The molecule has 0 amide bonds. The van der Waals surface area contributed by atoms with Crippen molar-refractivity contribution < 1.29 is 4.74 Å². The van der Waals surface area contributed by atoms with Gasteiger partial charge in [0.05, 0.1) is 12.2 Å². The lowest BCUT2D eigenvalue weighted by Crippen LogP contribution is -2.74. The molecule has 2 heterocycles. The number of likely N-dealkylation sites (tertiary alicyclic amines) is 1. The molecule has 160 valence electrons. The van der Waals surface area contributed by atoms with E-state index in [0.29, 0.717) is 23.7 Å². The van der Waals surface area contributed by atoms with Crippen molar-refractivity contribution in [2.45, 2.75) is 74.5 Å². The quantitative estimate of drug-likeness (QED) is 0.727. The molecule has 5 heteroatoms. The van der Waals surface area contributed by atoms with E-state index in [-0.39, 0.29) is 11.0 Å². The maximum absolute atomic E-state index is 11.4. The standard InChI is InChI=1S/C25H33N3O2/c29-27-19-6-5-18-11-23-25-8-7-22(26-13-16-1-2-16)21(15-30-25)24(25,20(18)12-19)9-10-28(23)14-17-3-4-17/h5-6,12,16-17,21-23,26H,1-4,7-11,13-15H2. The molecule has 4 aliphatic carbocycles. The first-order chi connectivity index (χ1) is 14.7. The number of nitroso groups, excluding NO2 is 1. The summed E-state index contributed by atoms with van der Waals surface area (Å²) in [5.74, 6) is 2.32. The molecule has 30 heavy (non-hydrogen) atoms. The van der Waals surface area contributed by atoms with Gasteiger partial charge in [0, 0.05) is 30.0 Å². The molecule has 5 unspecified atom stereocenters. The molecule has 1 aromatic rings. The number of hydrogen-bond donors (Lipinski definition) is 1. The number of nitrogens with zero attached hydrogens (tertiary/aromatic N) is 2. The number of hydrogen-bond acceptors (Lipinski definition) is 5. The second-order valence-electron chi connectivity index (χ2n) is 11.1. The van der Waals surface area contributed by atoms with Crippen LogP contribution in [0.2, 0.25) is 0 Å². The van der Waals surface area contributed by atoms with Gasteiger partial charge < -0.3 is 10.1 Å². The second kappa shape index (κ2) is 6.36. The van der Waals surface area contributed by atoms with Gasteiger partial charge in [-0.15, -0.1) is 4.91 Å². The van der Waals surface area contributed by atoms with Gasteiger partial charge in [0.15, 0.2) is 0 Å². The Balaban J connectivity index is 1.33. The first-order valence-electron chi connectivity index (χ1n) is 12.3. The summed E-state index contributed by atoms with van der Waals surface area (Å²) in [5, 5.41) is 7.29. The Hall–Kier alpha value is -1.30. The van der Waals surface area contributed by atoms with Crippen molar-refractivity contribution >= 4 is 5.69 Å². The molecule has 2 saturated heterocycles. The molecule has 7 rings (SSSR count). The average Bonchev–Trinajstić information content (AvgIpc) is 3.68. The van der Waals surface area contributed by atoms with E-state index >= 15 is 0 Å². The van der Waals surface area contributed by atoms with Crippen LogP contribution in [0.4, 0.5) is 5.69 Å². The number of ether oxygens (including phenoxy) is 1. The van der Waals surface area contributed by atoms with Crippen LogP contribution in [0.3, 0.4) is 0 Å². The highest BCUT2D eigenvalue weighted by Crippen LogP contribution is 2.66. The van der Waals surface area contributed by atoms with E-state index in [1.54, 1.807) is 0 Å². The highest BCUT2D eigenvalue weighted by Gasteiger charge is 2.73. The van der Waals surface area contributed by atoms with Gasteiger partial charge in [-0.1, -0.05) is 6.07 Å². The lowest BCUT2D eigenvalue weighted by molar-refractivity contribution is -0.149. The van der Waals surface area contributed by atoms with Crippen LogP contribution in [0, 0.1) is 22.7 Å². The summed E-state index contributed by atoms with van der Waals surface area (Å²) >= 11 is 0. The Morgan fingerprint density at radius 1 is 1.13 bits per heavy atom. The second-order valence-corrected chi connectivity index (χ2v) is 11.1. The molecule has 2 aliphatic heterocycles. The van der Waals surface area contributed by atoms with E-state index in [9.17, 15) is 4.91 Å². The number of piperidine rings is 1. The summed E-state index contributed by atoms with van der Waals surface area (Å²) in [5.41, 5.74) is 3.41. The van der Waals surface area contributed by atoms with Gasteiger partial charge in [-0.05, 0) is 105 Å². The fourth-order valence-electron chi connectivity index (χ4n) is 7.89. The monoisotopic (exact) mass is 407 g/mol. The summed E-state index contributed by atoms with van der Waals surface area (Å²) in [6, 6.07) is 7.29. The third-order valence-corrected chi connectivity index (χ3v) is 9.64. The topological polar surface area (TPSA) is 53.9 Å². The lowest BCUT2D eigenvalue weighted by Gasteiger charge is -2.64. The van der Waals surface area contributed by atoms with Crippen LogP contribution in [-0.4, -0.2) is 48.8 Å². The molecule has 5 atom stereocenters. The molecule has 6 aliphatic rings. The van der Waals surface area contributed by atoms with Crippen molar-refractivity contribution in [2.24, 2.45) is 22.9 Å². The summed E-state index contributed by atoms with van der Waals surface area (Å²) in [4.78, 5) is 14.2. The summed E-state index contributed by atoms with van der Waals surface area (Å²) in [7, 11) is 0. The van der Waals surface area contributed by atoms with Crippen molar-refractivity contribution in [1.82, 2.24) is 10.2 Å². The highest BCUT2D eigenvalue weighted by atomic mass is 16.5. The predicted molar refractivity (Wildman–Crippen MR) is 116 cm³/mol. The van der Waals surface area contributed by atoms with Crippen LogP contribution in [0.15, 0.2) is 23.4 Å². The van der Waals surface area contributed by atoms with Gasteiger partial charge in [-0.2, -0.15) is 0 Å².